The number of carbonyl (C=O) groups is 1. The fourth-order valence-corrected chi connectivity index (χ4v) is 3.70. The molecule has 0 atom stereocenters. The molecule has 1 amide bonds. The number of thioether (sulfide) groups is 1. The molecule has 0 unspecified atom stereocenters. The average molecular weight is 285 g/mol. The minimum atomic E-state index is -0.0767. The lowest BCUT2D eigenvalue weighted by Gasteiger charge is -2.13. The second-order valence-corrected chi connectivity index (χ2v) is 6.72. The predicted molar refractivity (Wildman–Crippen MR) is 76.3 cm³/mol. The molecule has 1 aromatic rings. The molecule has 0 saturated heterocycles. The van der Waals surface area contributed by atoms with Gasteiger partial charge in [-0.3, -0.25) is 4.79 Å². The van der Waals surface area contributed by atoms with Gasteiger partial charge in [-0.1, -0.05) is 18.3 Å². The summed E-state index contributed by atoms with van der Waals surface area (Å²) in [4.78, 5) is 11.8. The lowest BCUT2D eigenvalue weighted by atomic mass is 10.1. The molecule has 18 heavy (non-hydrogen) atoms. The first kappa shape index (κ1) is 13.8. The van der Waals surface area contributed by atoms with Gasteiger partial charge in [0.2, 0.25) is 5.01 Å². The fraction of sp³-hybridized carbons (Fsp3) is 0.750. The Balaban J connectivity index is 1.75. The molecule has 1 aromatic heterocycles. The first-order valence-corrected chi connectivity index (χ1v) is 8.50. The minimum Gasteiger partial charge on any atom is -0.350 e. The van der Waals surface area contributed by atoms with Crippen LogP contribution in [0.2, 0.25) is 0 Å². The third kappa shape index (κ3) is 3.45. The Morgan fingerprint density at radius 1 is 1.50 bits per heavy atom. The first-order chi connectivity index (χ1) is 8.69. The molecule has 0 aliphatic heterocycles. The molecule has 1 aliphatic carbocycles. The normalized spacial score (nSPS) is 16.6. The zero-order valence-electron chi connectivity index (χ0n) is 10.9. The summed E-state index contributed by atoms with van der Waals surface area (Å²) in [6, 6.07) is 0. The van der Waals surface area contributed by atoms with Crippen molar-refractivity contribution < 1.29 is 4.79 Å². The van der Waals surface area contributed by atoms with E-state index >= 15 is 0 Å². The summed E-state index contributed by atoms with van der Waals surface area (Å²) in [5, 5.41) is 12.2. The van der Waals surface area contributed by atoms with Crippen molar-refractivity contribution in [2.75, 3.05) is 18.6 Å². The fourth-order valence-electron chi connectivity index (χ4n) is 1.95. The van der Waals surface area contributed by atoms with Crippen LogP contribution in [0.1, 0.15) is 41.0 Å². The van der Waals surface area contributed by atoms with Gasteiger partial charge in [0.05, 0.1) is 0 Å². The topological polar surface area (TPSA) is 54.9 Å². The smallest absolute Gasteiger partial charge is 0.282 e. The van der Waals surface area contributed by atoms with Gasteiger partial charge in [0.25, 0.3) is 5.91 Å². The molecule has 2 rings (SSSR count). The third-order valence-corrected chi connectivity index (χ3v) is 5.28. The molecular weight excluding hydrogens is 266 g/mol. The van der Waals surface area contributed by atoms with Crippen LogP contribution in [0, 0.1) is 5.41 Å². The molecule has 100 valence electrons. The van der Waals surface area contributed by atoms with E-state index in [2.05, 4.69) is 21.8 Å². The highest BCUT2D eigenvalue weighted by Crippen LogP contribution is 2.50. The number of aryl methyl sites for hydroxylation is 1. The van der Waals surface area contributed by atoms with Gasteiger partial charge in [0.15, 0.2) is 0 Å². The van der Waals surface area contributed by atoms with E-state index < -0.39 is 0 Å². The van der Waals surface area contributed by atoms with E-state index in [-0.39, 0.29) is 5.91 Å². The van der Waals surface area contributed by atoms with Crippen molar-refractivity contribution >= 4 is 29.0 Å². The van der Waals surface area contributed by atoms with Gasteiger partial charge in [0.1, 0.15) is 5.01 Å². The van der Waals surface area contributed by atoms with Crippen LogP contribution in [-0.2, 0) is 6.42 Å². The van der Waals surface area contributed by atoms with E-state index in [4.69, 9.17) is 0 Å². The number of nitrogens with zero attached hydrogens (tertiary/aromatic N) is 2. The number of nitrogens with one attached hydrogen (secondary N) is 1. The maximum absolute atomic E-state index is 11.8. The molecule has 1 fully saturated rings. The van der Waals surface area contributed by atoms with E-state index in [1.807, 2.05) is 18.7 Å². The summed E-state index contributed by atoms with van der Waals surface area (Å²) in [5.41, 5.74) is 0.502. The second-order valence-electron chi connectivity index (χ2n) is 4.79. The zero-order valence-corrected chi connectivity index (χ0v) is 12.5. The van der Waals surface area contributed by atoms with Gasteiger partial charge in [-0.2, -0.15) is 11.8 Å². The van der Waals surface area contributed by atoms with Crippen molar-refractivity contribution in [3.63, 3.8) is 0 Å². The van der Waals surface area contributed by atoms with Gasteiger partial charge in [0, 0.05) is 6.54 Å². The van der Waals surface area contributed by atoms with Crippen LogP contribution in [0.4, 0.5) is 0 Å². The van der Waals surface area contributed by atoms with Crippen LogP contribution in [-0.4, -0.2) is 34.7 Å². The van der Waals surface area contributed by atoms with Crippen LogP contribution >= 0.6 is 23.1 Å². The van der Waals surface area contributed by atoms with Crippen LogP contribution in [0.5, 0.6) is 0 Å². The zero-order chi connectivity index (χ0) is 13.0. The standard InChI is InChI=1S/C12H19N3OS2/c1-3-9-14-15-11(18-9)10(16)13-7-6-12(4-5-12)8-17-2/h3-8H2,1-2H3,(H,13,16). The summed E-state index contributed by atoms with van der Waals surface area (Å²) in [6.07, 6.45) is 6.68. The Kier molecular flexibility index (Phi) is 4.61. The number of hydrogen-bond donors (Lipinski definition) is 1. The Morgan fingerprint density at radius 3 is 2.83 bits per heavy atom. The van der Waals surface area contributed by atoms with Gasteiger partial charge in [-0.05, 0) is 43.1 Å². The highest BCUT2D eigenvalue weighted by atomic mass is 32.2. The van der Waals surface area contributed by atoms with Crippen LogP contribution < -0.4 is 5.32 Å². The molecule has 0 spiro atoms. The molecule has 0 aromatic carbocycles. The summed E-state index contributed by atoms with van der Waals surface area (Å²) < 4.78 is 0. The quantitative estimate of drug-likeness (QED) is 0.835. The van der Waals surface area contributed by atoms with Gasteiger partial charge in [-0.15, -0.1) is 10.2 Å². The van der Waals surface area contributed by atoms with Crippen molar-refractivity contribution in [2.24, 2.45) is 5.41 Å². The second kappa shape index (κ2) is 6.02. The molecular formula is C12H19N3OS2. The highest BCUT2D eigenvalue weighted by molar-refractivity contribution is 7.98. The summed E-state index contributed by atoms with van der Waals surface area (Å²) in [7, 11) is 0. The molecule has 6 heteroatoms. The number of amides is 1. The predicted octanol–water partition coefficient (Wildman–Crippen LogP) is 2.36. The summed E-state index contributed by atoms with van der Waals surface area (Å²) >= 11 is 3.29. The Morgan fingerprint density at radius 2 is 2.28 bits per heavy atom. The summed E-state index contributed by atoms with van der Waals surface area (Å²) in [6.45, 7) is 2.77. The molecule has 0 bridgehead atoms. The summed E-state index contributed by atoms with van der Waals surface area (Å²) in [5.74, 6) is 1.13. The largest absolute Gasteiger partial charge is 0.350 e. The Labute approximate surface area is 116 Å². The molecule has 1 aliphatic rings. The maximum atomic E-state index is 11.8. The van der Waals surface area contributed by atoms with E-state index in [1.54, 1.807) is 0 Å². The van der Waals surface area contributed by atoms with Gasteiger partial charge < -0.3 is 5.32 Å². The van der Waals surface area contributed by atoms with E-state index in [9.17, 15) is 4.79 Å². The minimum absolute atomic E-state index is 0.0767. The Hall–Kier alpha value is -0.620. The first-order valence-electron chi connectivity index (χ1n) is 6.28. The van der Waals surface area contributed by atoms with E-state index in [0.717, 1.165) is 24.4 Å². The third-order valence-electron chi connectivity index (χ3n) is 3.31. The number of aromatic nitrogens is 2. The van der Waals surface area contributed by atoms with Crippen LogP contribution in [0.15, 0.2) is 0 Å². The van der Waals surface area contributed by atoms with Gasteiger partial charge >= 0.3 is 0 Å². The van der Waals surface area contributed by atoms with Crippen molar-refractivity contribution in [1.29, 1.82) is 0 Å². The lowest BCUT2D eigenvalue weighted by molar-refractivity contribution is 0.0950. The van der Waals surface area contributed by atoms with Gasteiger partial charge in [-0.25, -0.2) is 0 Å². The van der Waals surface area contributed by atoms with Crippen molar-refractivity contribution in [1.82, 2.24) is 15.5 Å². The van der Waals surface area contributed by atoms with Crippen molar-refractivity contribution in [3.8, 4) is 0 Å². The van der Waals surface area contributed by atoms with E-state index in [0.29, 0.717) is 10.4 Å². The molecule has 4 nitrogen and oxygen atoms in total. The van der Waals surface area contributed by atoms with Crippen molar-refractivity contribution in [2.45, 2.75) is 32.6 Å². The number of carbonyl (C=O) groups excluding carboxylic acids is 1. The average Bonchev–Trinajstić information content (AvgIpc) is 2.95. The lowest BCUT2D eigenvalue weighted by Crippen LogP contribution is -2.26. The molecule has 1 N–H and O–H groups in total. The monoisotopic (exact) mass is 285 g/mol. The van der Waals surface area contributed by atoms with Crippen LogP contribution in [0.3, 0.4) is 0 Å². The SMILES string of the molecule is CCc1nnc(C(=O)NCCC2(CSC)CC2)s1. The van der Waals surface area contributed by atoms with E-state index in [1.165, 1.54) is 29.9 Å². The number of hydrogen-bond acceptors (Lipinski definition) is 5. The molecule has 1 heterocycles. The maximum Gasteiger partial charge on any atom is 0.282 e. The Bertz CT molecular complexity index is 415. The highest BCUT2D eigenvalue weighted by Gasteiger charge is 2.41. The molecule has 1 saturated carbocycles. The van der Waals surface area contributed by atoms with Crippen molar-refractivity contribution in [3.05, 3.63) is 10.0 Å². The van der Waals surface area contributed by atoms with Crippen LogP contribution in [0.25, 0.3) is 0 Å². The number of rotatable bonds is 7. The molecule has 0 radical (unpaired) electrons.